The molecule has 10 heteroatoms. The van der Waals surface area contributed by atoms with E-state index in [9.17, 15) is 22.6 Å². The highest BCUT2D eigenvalue weighted by Crippen LogP contribution is 2.28. The summed E-state index contributed by atoms with van der Waals surface area (Å²) in [5.41, 5.74) is 6.42. The summed E-state index contributed by atoms with van der Waals surface area (Å²) in [6, 6.07) is 11.6. The van der Waals surface area contributed by atoms with Crippen LogP contribution in [0.4, 0.5) is 0 Å². The minimum atomic E-state index is -4.84. The lowest BCUT2D eigenvalue weighted by molar-refractivity contribution is 0.0973. The number of allylic oxidation sites excluding steroid dienone is 3. The van der Waals surface area contributed by atoms with Crippen LogP contribution in [0.15, 0.2) is 77.0 Å². The molecule has 0 fully saturated rings. The topological polar surface area (TPSA) is 145 Å². The molecule has 0 heterocycles. The largest absolute Gasteiger partial charge is 0.493 e. The lowest BCUT2D eigenvalue weighted by atomic mass is 9.92. The van der Waals surface area contributed by atoms with E-state index in [-0.39, 0.29) is 28.8 Å². The number of hydrogen-bond acceptors (Lipinski definition) is 8. The SMILES string of the molecule is C=C1C(=O)c2ccccc2C(=O)C/C(NCCc2ccc(OC)c(OC)c2)=C\C(S(=O)(=O)O)=C/1N. The molecule has 0 amide bonds. The number of fused-ring (bicyclic) bond motifs is 1. The Labute approximate surface area is 203 Å². The second-order valence-electron chi connectivity index (χ2n) is 7.74. The number of benzene rings is 2. The molecule has 0 radical (unpaired) electrons. The number of ether oxygens (including phenoxy) is 2. The molecule has 35 heavy (non-hydrogen) atoms. The first kappa shape index (κ1) is 25.7. The maximum absolute atomic E-state index is 13.1. The average Bonchev–Trinajstić information content (AvgIpc) is 2.84. The molecule has 0 aliphatic heterocycles. The van der Waals surface area contributed by atoms with Gasteiger partial charge in [-0.2, -0.15) is 8.42 Å². The van der Waals surface area contributed by atoms with E-state index in [0.717, 1.165) is 11.6 Å². The number of ketones is 2. The van der Waals surface area contributed by atoms with E-state index in [0.29, 0.717) is 24.5 Å². The monoisotopic (exact) mass is 498 g/mol. The van der Waals surface area contributed by atoms with Crippen molar-refractivity contribution in [3.63, 3.8) is 0 Å². The quantitative estimate of drug-likeness (QED) is 0.387. The third-order valence-electron chi connectivity index (χ3n) is 5.48. The lowest BCUT2D eigenvalue weighted by Crippen LogP contribution is -2.24. The van der Waals surface area contributed by atoms with Crippen molar-refractivity contribution in [1.29, 1.82) is 0 Å². The van der Waals surface area contributed by atoms with Crippen molar-refractivity contribution in [2.45, 2.75) is 12.8 Å². The van der Waals surface area contributed by atoms with Crippen molar-refractivity contribution in [3.05, 3.63) is 93.7 Å². The average molecular weight is 499 g/mol. The number of rotatable bonds is 7. The van der Waals surface area contributed by atoms with Crippen LogP contribution in [0.25, 0.3) is 0 Å². The number of nitrogens with one attached hydrogen (secondary N) is 1. The maximum atomic E-state index is 13.1. The summed E-state index contributed by atoms with van der Waals surface area (Å²) in [6.45, 7) is 3.92. The van der Waals surface area contributed by atoms with Crippen LogP contribution in [0.3, 0.4) is 0 Å². The molecular weight excluding hydrogens is 472 g/mol. The van der Waals surface area contributed by atoms with Crippen molar-refractivity contribution in [3.8, 4) is 11.5 Å². The van der Waals surface area contributed by atoms with Gasteiger partial charge in [0.15, 0.2) is 23.1 Å². The fourth-order valence-corrected chi connectivity index (χ4v) is 4.34. The van der Waals surface area contributed by atoms with Crippen molar-refractivity contribution >= 4 is 21.7 Å². The molecule has 1 aliphatic carbocycles. The first-order valence-corrected chi connectivity index (χ1v) is 12.0. The van der Waals surface area contributed by atoms with Crippen LogP contribution in [-0.2, 0) is 16.5 Å². The van der Waals surface area contributed by atoms with Crippen molar-refractivity contribution in [2.24, 2.45) is 5.73 Å². The van der Waals surface area contributed by atoms with E-state index in [1.54, 1.807) is 24.3 Å². The van der Waals surface area contributed by atoms with Crippen LogP contribution < -0.4 is 20.5 Å². The number of nitrogens with two attached hydrogens (primary N) is 1. The van der Waals surface area contributed by atoms with E-state index in [2.05, 4.69) is 11.9 Å². The molecule has 0 saturated heterocycles. The van der Waals surface area contributed by atoms with Gasteiger partial charge >= 0.3 is 0 Å². The third kappa shape index (κ3) is 5.79. The summed E-state index contributed by atoms with van der Waals surface area (Å²) in [7, 11) is -1.77. The van der Waals surface area contributed by atoms with Crippen molar-refractivity contribution in [2.75, 3.05) is 20.8 Å². The molecule has 2 aromatic rings. The van der Waals surface area contributed by atoms with Gasteiger partial charge in [0.1, 0.15) is 4.91 Å². The zero-order valence-corrected chi connectivity index (χ0v) is 20.1. The molecule has 0 spiro atoms. The standard InChI is InChI=1S/C25H26N2O7S/c1-15-24(26)23(35(30,31)32)14-17(13-20(28)18-6-4-5-7-19(18)25(15)29)27-11-10-16-8-9-21(33-2)22(12-16)34-3/h4-9,12,14,27H,1,10-11,13,26H2,2-3H3,(H,30,31,32)/b17-14+,24-23-. The fraction of sp³-hybridized carbons (Fsp3) is 0.200. The minimum Gasteiger partial charge on any atom is -0.493 e. The summed E-state index contributed by atoms with van der Waals surface area (Å²) in [5, 5.41) is 3.05. The number of carbonyl (C=O) groups excluding carboxylic acids is 2. The van der Waals surface area contributed by atoms with Gasteiger partial charge in [-0.25, -0.2) is 0 Å². The predicted molar refractivity (Wildman–Crippen MR) is 131 cm³/mol. The van der Waals surface area contributed by atoms with Gasteiger partial charge < -0.3 is 20.5 Å². The van der Waals surface area contributed by atoms with Gasteiger partial charge in [-0.1, -0.05) is 36.9 Å². The Hall–Kier alpha value is -3.89. The molecule has 0 aromatic heterocycles. The second-order valence-corrected chi connectivity index (χ2v) is 9.13. The summed E-state index contributed by atoms with van der Waals surface area (Å²) in [5.74, 6) is 0.0200. The molecule has 3 rings (SSSR count). The Kier molecular flexibility index (Phi) is 7.78. The zero-order valence-electron chi connectivity index (χ0n) is 19.3. The summed E-state index contributed by atoms with van der Waals surface area (Å²) in [6.07, 6.45) is 1.30. The van der Waals surface area contributed by atoms with Crippen LogP contribution >= 0.6 is 0 Å². The van der Waals surface area contributed by atoms with E-state index in [1.807, 2.05) is 6.07 Å². The summed E-state index contributed by atoms with van der Waals surface area (Å²) >= 11 is 0. The van der Waals surface area contributed by atoms with Gasteiger partial charge in [0.25, 0.3) is 10.1 Å². The highest BCUT2D eigenvalue weighted by molar-refractivity contribution is 7.90. The number of methoxy groups -OCH3 is 2. The maximum Gasteiger partial charge on any atom is 0.296 e. The summed E-state index contributed by atoms with van der Waals surface area (Å²) in [4.78, 5) is 25.2. The van der Waals surface area contributed by atoms with Crippen molar-refractivity contribution < 1.29 is 32.0 Å². The molecule has 0 atom stereocenters. The number of Topliss-reactive ketones (excluding diaryl/α,β-unsaturated/α-hetero) is 2. The molecule has 2 aromatic carbocycles. The Morgan fingerprint density at radius 1 is 1.06 bits per heavy atom. The van der Waals surface area contributed by atoms with E-state index in [4.69, 9.17) is 15.2 Å². The first-order valence-electron chi connectivity index (χ1n) is 10.6. The molecule has 184 valence electrons. The van der Waals surface area contributed by atoms with Crippen LogP contribution in [-0.4, -0.2) is 45.3 Å². The second kappa shape index (κ2) is 10.6. The van der Waals surface area contributed by atoms with Gasteiger partial charge in [-0.05, 0) is 30.2 Å². The fourth-order valence-electron chi connectivity index (χ4n) is 3.64. The van der Waals surface area contributed by atoms with Crippen molar-refractivity contribution in [1.82, 2.24) is 5.32 Å². The molecule has 0 bridgehead atoms. The first-order chi connectivity index (χ1) is 16.6. The van der Waals surface area contributed by atoms with Crippen LogP contribution in [0, 0.1) is 0 Å². The lowest BCUT2D eigenvalue weighted by Gasteiger charge is -2.17. The normalized spacial score (nSPS) is 18.4. The van der Waals surface area contributed by atoms with Crippen LogP contribution in [0.5, 0.6) is 11.5 Å². The van der Waals surface area contributed by atoms with Gasteiger partial charge in [0.2, 0.25) is 0 Å². The van der Waals surface area contributed by atoms with E-state index < -0.39 is 32.3 Å². The molecule has 0 unspecified atom stereocenters. The third-order valence-corrected chi connectivity index (χ3v) is 6.38. The van der Waals surface area contributed by atoms with Gasteiger partial charge in [-0.3, -0.25) is 14.1 Å². The smallest absolute Gasteiger partial charge is 0.296 e. The minimum absolute atomic E-state index is 0.0479. The van der Waals surface area contributed by atoms with Gasteiger partial charge in [0, 0.05) is 28.9 Å². The highest BCUT2D eigenvalue weighted by Gasteiger charge is 2.27. The predicted octanol–water partition coefficient (Wildman–Crippen LogP) is 2.80. The van der Waals surface area contributed by atoms with E-state index in [1.165, 1.54) is 26.4 Å². The molecule has 9 nitrogen and oxygen atoms in total. The molecule has 0 saturated carbocycles. The Balaban J connectivity index is 1.98. The van der Waals surface area contributed by atoms with Gasteiger partial charge in [0.05, 0.1) is 26.3 Å². The van der Waals surface area contributed by atoms with Crippen LogP contribution in [0.2, 0.25) is 0 Å². The molecule has 1 aliphatic rings. The summed E-state index contributed by atoms with van der Waals surface area (Å²) < 4.78 is 44.5. The van der Waals surface area contributed by atoms with Gasteiger partial charge in [-0.15, -0.1) is 0 Å². The van der Waals surface area contributed by atoms with Crippen LogP contribution in [0.1, 0.15) is 32.7 Å². The van der Waals surface area contributed by atoms with E-state index >= 15 is 0 Å². The Morgan fingerprint density at radius 3 is 2.34 bits per heavy atom. The molecular formula is C25H26N2O7S. The number of hydrogen-bond donors (Lipinski definition) is 3. The Morgan fingerprint density at radius 2 is 1.71 bits per heavy atom. The highest BCUT2D eigenvalue weighted by atomic mass is 32.2. The number of carbonyl (C=O) groups is 2. The zero-order chi connectivity index (χ0) is 25.8. The Bertz CT molecular complexity index is 1360. The molecule has 4 N–H and O–H groups in total.